The van der Waals surface area contributed by atoms with Gasteiger partial charge in [0.1, 0.15) is 18.6 Å². The maximum Gasteiger partial charge on any atom is 0.322 e. The Morgan fingerprint density at radius 3 is 2.00 bits per heavy atom. The van der Waals surface area contributed by atoms with E-state index in [-0.39, 0.29) is 11.8 Å². The second kappa shape index (κ2) is 11.4. The Labute approximate surface area is 152 Å². The minimum absolute atomic E-state index is 0.123. The third kappa shape index (κ3) is 7.79. The molecule has 0 aromatic carbocycles. The van der Waals surface area contributed by atoms with Crippen molar-refractivity contribution < 1.29 is 29.4 Å². The maximum atomic E-state index is 12.5. The highest BCUT2D eigenvalue weighted by atomic mass is 16.4. The van der Waals surface area contributed by atoms with Gasteiger partial charge >= 0.3 is 5.97 Å². The number of carbonyl (C=O) groups excluding carboxylic acids is 3. The van der Waals surface area contributed by atoms with E-state index in [0.717, 1.165) is 0 Å². The number of carbonyl (C=O) groups is 4. The zero-order chi connectivity index (χ0) is 20.4. The normalized spacial score (nSPS) is 15.5. The lowest BCUT2D eigenvalue weighted by Gasteiger charge is -2.27. The lowest BCUT2D eigenvalue weighted by Crippen LogP contribution is -2.59. The van der Waals surface area contributed by atoms with Crippen LogP contribution in [-0.4, -0.2) is 65.2 Å². The SMILES string of the molecule is CCC(C)C(NC(=O)C(N)C(C)C)C(=O)NC(CO)C(=O)NCC(=O)O. The second-order valence-corrected chi connectivity index (χ2v) is 6.50. The molecule has 26 heavy (non-hydrogen) atoms. The van der Waals surface area contributed by atoms with Gasteiger partial charge in [0.15, 0.2) is 0 Å². The van der Waals surface area contributed by atoms with Crippen molar-refractivity contribution in [2.24, 2.45) is 17.6 Å². The Morgan fingerprint density at radius 1 is 1.00 bits per heavy atom. The fourth-order valence-electron chi connectivity index (χ4n) is 2.00. The summed E-state index contributed by atoms with van der Waals surface area (Å²) in [4.78, 5) is 47.0. The van der Waals surface area contributed by atoms with Crippen LogP contribution in [0.25, 0.3) is 0 Å². The molecule has 0 spiro atoms. The van der Waals surface area contributed by atoms with E-state index in [1.165, 1.54) is 0 Å². The highest BCUT2D eigenvalue weighted by Crippen LogP contribution is 2.10. The van der Waals surface area contributed by atoms with Crippen LogP contribution in [0.2, 0.25) is 0 Å². The quantitative estimate of drug-likeness (QED) is 0.247. The van der Waals surface area contributed by atoms with Crippen LogP contribution in [0.15, 0.2) is 0 Å². The first-order valence-corrected chi connectivity index (χ1v) is 8.51. The first-order valence-electron chi connectivity index (χ1n) is 8.51. The smallest absolute Gasteiger partial charge is 0.322 e. The van der Waals surface area contributed by atoms with Crippen molar-refractivity contribution in [1.82, 2.24) is 16.0 Å². The van der Waals surface area contributed by atoms with E-state index < -0.39 is 55.0 Å². The van der Waals surface area contributed by atoms with E-state index in [2.05, 4.69) is 16.0 Å². The van der Waals surface area contributed by atoms with Crippen LogP contribution in [0.4, 0.5) is 0 Å². The number of nitrogens with two attached hydrogens (primary N) is 1. The summed E-state index contributed by atoms with van der Waals surface area (Å²) < 4.78 is 0. The van der Waals surface area contributed by atoms with Crippen LogP contribution in [0.1, 0.15) is 34.1 Å². The van der Waals surface area contributed by atoms with Crippen LogP contribution in [0, 0.1) is 11.8 Å². The van der Waals surface area contributed by atoms with Crippen molar-refractivity contribution in [2.45, 2.75) is 52.2 Å². The van der Waals surface area contributed by atoms with Gasteiger partial charge in [-0.25, -0.2) is 0 Å². The van der Waals surface area contributed by atoms with E-state index in [9.17, 15) is 24.3 Å². The highest BCUT2D eigenvalue weighted by molar-refractivity contribution is 5.93. The summed E-state index contributed by atoms with van der Waals surface area (Å²) in [6.07, 6.45) is 0.574. The first-order chi connectivity index (χ1) is 12.0. The van der Waals surface area contributed by atoms with E-state index in [1.54, 1.807) is 20.8 Å². The molecule has 0 aromatic rings. The molecule has 0 aromatic heterocycles. The molecule has 10 heteroatoms. The monoisotopic (exact) mass is 374 g/mol. The Hall–Kier alpha value is -2.20. The maximum absolute atomic E-state index is 12.5. The van der Waals surface area contributed by atoms with Crippen molar-refractivity contribution in [3.05, 3.63) is 0 Å². The lowest BCUT2D eigenvalue weighted by atomic mass is 9.96. The second-order valence-electron chi connectivity index (χ2n) is 6.50. The first kappa shape index (κ1) is 23.8. The number of aliphatic hydroxyl groups excluding tert-OH is 1. The average molecular weight is 374 g/mol. The molecule has 0 saturated heterocycles. The zero-order valence-electron chi connectivity index (χ0n) is 15.6. The van der Waals surface area contributed by atoms with Crippen molar-refractivity contribution in [2.75, 3.05) is 13.2 Å². The standard InChI is InChI=1S/C16H30N4O6/c1-5-9(4)13(20-15(25)12(17)8(2)3)16(26)19-10(7-21)14(24)18-6-11(22)23/h8-10,12-13,21H,5-7,17H2,1-4H3,(H,18,24)(H,19,26)(H,20,25)(H,22,23). The predicted octanol–water partition coefficient (Wildman–Crippen LogP) is -1.82. The summed E-state index contributed by atoms with van der Waals surface area (Å²) in [6.45, 7) is 5.78. The number of amides is 3. The molecule has 0 aliphatic heterocycles. The Morgan fingerprint density at radius 2 is 1.58 bits per heavy atom. The van der Waals surface area contributed by atoms with Crippen LogP contribution in [-0.2, 0) is 19.2 Å². The molecule has 0 aliphatic rings. The largest absolute Gasteiger partial charge is 0.480 e. The van der Waals surface area contributed by atoms with E-state index >= 15 is 0 Å². The number of carboxylic acid groups (broad SMARTS) is 1. The number of hydrogen-bond donors (Lipinski definition) is 6. The van der Waals surface area contributed by atoms with Gasteiger partial charge in [0.2, 0.25) is 17.7 Å². The summed E-state index contributed by atoms with van der Waals surface area (Å²) in [7, 11) is 0. The van der Waals surface area contributed by atoms with Gasteiger partial charge < -0.3 is 31.9 Å². The lowest BCUT2D eigenvalue weighted by molar-refractivity contribution is -0.139. The van der Waals surface area contributed by atoms with Crippen LogP contribution < -0.4 is 21.7 Å². The fourth-order valence-corrected chi connectivity index (χ4v) is 2.00. The number of aliphatic hydroxyl groups is 1. The molecular weight excluding hydrogens is 344 g/mol. The minimum atomic E-state index is -1.33. The van der Waals surface area contributed by atoms with Gasteiger partial charge in [-0.3, -0.25) is 19.2 Å². The molecular formula is C16H30N4O6. The average Bonchev–Trinajstić information content (AvgIpc) is 2.59. The molecule has 3 amide bonds. The van der Waals surface area contributed by atoms with Crippen molar-refractivity contribution in [3.8, 4) is 0 Å². The fraction of sp³-hybridized carbons (Fsp3) is 0.750. The number of carboxylic acids is 1. The Kier molecular flexibility index (Phi) is 10.5. The topological polar surface area (TPSA) is 171 Å². The molecule has 0 rings (SSSR count). The summed E-state index contributed by atoms with van der Waals surface area (Å²) in [5.74, 6) is -3.61. The van der Waals surface area contributed by atoms with E-state index in [4.69, 9.17) is 10.8 Å². The van der Waals surface area contributed by atoms with E-state index in [1.807, 2.05) is 6.92 Å². The van der Waals surface area contributed by atoms with Gasteiger partial charge in [-0.1, -0.05) is 34.1 Å². The summed E-state index contributed by atoms with van der Waals surface area (Å²) in [5.41, 5.74) is 5.79. The molecule has 10 nitrogen and oxygen atoms in total. The van der Waals surface area contributed by atoms with Gasteiger partial charge in [0, 0.05) is 0 Å². The molecule has 150 valence electrons. The molecule has 0 heterocycles. The summed E-state index contributed by atoms with van der Waals surface area (Å²) >= 11 is 0. The Bertz CT molecular complexity index is 511. The molecule has 4 unspecified atom stereocenters. The van der Waals surface area contributed by atoms with Crippen molar-refractivity contribution in [3.63, 3.8) is 0 Å². The summed E-state index contributed by atoms with van der Waals surface area (Å²) in [6, 6.07) is -3.07. The molecule has 0 aliphatic carbocycles. The van der Waals surface area contributed by atoms with Crippen molar-refractivity contribution in [1.29, 1.82) is 0 Å². The summed E-state index contributed by atoms with van der Waals surface area (Å²) in [5, 5.41) is 24.9. The van der Waals surface area contributed by atoms with Gasteiger partial charge in [-0.15, -0.1) is 0 Å². The minimum Gasteiger partial charge on any atom is -0.480 e. The Balaban J connectivity index is 5.08. The van der Waals surface area contributed by atoms with Crippen LogP contribution >= 0.6 is 0 Å². The molecule has 0 radical (unpaired) electrons. The molecule has 0 bridgehead atoms. The number of rotatable bonds is 11. The van der Waals surface area contributed by atoms with Gasteiger partial charge in [-0.05, 0) is 11.8 Å². The molecule has 0 fully saturated rings. The predicted molar refractivity (Wildman–Crippen MR) is 93.9 cm³/mol. The zero-order valence-corrected chi connectivity index (χ0v) is 15.6. The van der Waals surface area contributed by atoms with Crippen LogP contribution in [0.5, 0.6) is 0 Å². The third-order valence-electron chi connectivity index (χ3n) is 4.04. The van der Waals surface area contributed by atoms with Gasteiger partial charge in [0.05, 0.1) is 12.6 Å². The molecule has 4 atom stereocenters. The number of nitrogens with one attached hydrogen (secondary N) is 3. The molecule has 0 saturated carbocycles. The van der Waals surface area contributed by atoms with E-state index in [0.29, 0.717) is 6.42 Å². The van der Waals surface area contributed by atoms with Crippen LogP contribution in [0.3, 0.4) is 0 Å². The van der Waals surface area contributed by atoms with Gasteiger partial charge in [-0.2, -0.15) is 0 Å². The van der Waals surface area contributed by atoms with Gasteiger partial charge in [0.25, 0.3) is 0 Å². The number of hydrogen-bond acceptors (Lipinski definition) is 6. The van der Waals surface area contributed by atoms with Crippen molar-refractivity contribution >= 4 is 23.7 Å². The highest BCUT2D eigenvalue weighted by Gasteiger charge is 2.31. The molecule has 7 N–H and O–H groups in total. The number of aliphatic carboxylic acids is 1. The third-order valence-corrected chi connectivity index (χ3v) is 4.04.